The van der Waals surface area contributed by atoms with E-state index in [9.17, 15) is 0 Å². The van der Waals surface area contributed by atoms with Gasteiger partial charge < -0.3 is 29.4 Å². The number of nitrogens with zero attached hydrogens (tertiary/aromatic N) is 6. The van der Waals surface area contributed by atoms with Gasteiger partial charge in [0.25, 0.3) is 0 Å². The summed E-state index contributed by atoms with van der Waals surface area (Å²) in [5, 5.41) is 0. The van der Waals surface area contributed by atoms with E-state index < -0.39 is 0 Å². The number of benzene rings is 17. The van der Waals surface area contributed by atoms with Gasteiger partial charge in [-0.15, -0.1) is 0 Å². The second kappa shape index (κ2) is 40.4. The molecule has 0 spiro atoms. The highest BCUT2D eigenvalue weighted by molar-refractivity contribution is 5.93. The average molecular weight is 1890 g/mol. The molecule has 6 heteroatoms. The Hall–Kier alpha value is -14.5. The zero-order valence-electron chi connectivity index (χ0n) is 89.4. The Morgan fingerprint density at radius 3 is 0.799 bits per heavy atom. The highest BCUT2D eigenvalue weighted by Gasteiger charge is 2.45. The molecule has 0 saturated heterocycles. The largest absolute Gasteiger partial charge is 0.338 e. The van der Waals surface area contributed by atoms with Crippen LogP contribution in [-0.2, 0) is 32.5 Å². The summed E-state index contributed by atoms with van der Waals surface area (Å²) in [5.74, 6) is 2.50. The van der Waals surface area contributed by atoms with Gasteiger partial charge in [0.2, 0.25) is 0 Å². The standard InChI is InChI=1S/5C24H25N.C18H21N/c1-17(2)18-11-5-8-14-21(18)25-22-15-9-6-12-19(22)24(3,4)20-13-7-10-16-23(20)25;1-17(2)19-13-10-15-21-23(19)25(18-11-6-5-7-12-18)22-16-9-8-14-20(22)24(21,3)4;1-17(2)19-13-10-16-22-23(19)24(3,4)20-14-8-9-15-21(20)25(22)18-11-6-5-7-12-18;1-17(2)18-14-15-23-21(16-18)24(3,4)20-12-8-9-13-22(20)25(23)19-10-6-5-7-11-19;1-17(2)18-14-15-21-23(16-18)25(19-10-6-5-7-11-19)22-13-9-8-12-20(22)24(21,3)4;1-13(2)19-16-11-7-5-9-14(16)18(3,4)15-10-6-8-12-17(15)19/h5*5-17H,1-4H3;5-13H,1-4H3. The van der Waals surface area contributed by atoms with Crippen LogP contribution in [0.3, 0.4) is 0 Å². The van der Waals surface area contributed by atoms with Crippen LogP contribution >= 0.6 is 0 Å². The zero-order chi connectivity index (χ0) is 102. The van der Waals surface area contributed by atoms with E-state index in [1.807, 2.05) is 0 Å². The molecule has 0 saturated carbocycles. The van der Waals surface area contributed by atoms with Gasteiger partial charge in [-0.05, 0) is 259 Å². The van der Waals surface area contributed by atoms with Crippen LogP contribution in [0, 0.1) is 0 Å². The lowest BCUT2D eigenvalue weighted by Gasteiger charge is -2.43. The lowest BCUT2D eigenvalue weighted by atomic mass is 9.70. The fourth-order valence-corrected chi connectivity index (χ4v) is 23.6. The summed E-state index contributed by atoms with van der Waals surface area (Å²) in [7, 11) is 0. The summed E-state index contributed by atoms with van der Waals surface area (Å²) in [6, 6.07) is 150. The topological polar surface area (TPSA) is 19.4 Å². The quantitative estimate of drug-likeness (QED) is 0.128. The van der Waals surface area contributed by atoms with Crippen LogP contribution in [0.1, 0.15) is 290 Å². The second-order valence-electron chi connectivity index (χ2n) is 44.7. The first-order valence-electron chi connectivity index (χ1n) is 52.5. The number of hydrogen-bond donors (Lipinski definition) is 0. The molecule has 0 atom stereocenters. The Balaban J connectivity index is 0.000000114. The minimum absolute atomic E-state index is 0.00351. The highest BCUT2D eigenvalue weighted by Crippen LogP contribution is 2.61. The number of anilines is 17. The molecule has 6 nitrogen and oxygen atoms in total. The van der Waals surface area contributed by atoms with Crippen LogP contribution in [0.15, 0.2) is 413 Å². The van der Waals surface area contributed by atoms with Crippen LogP contribution in [-0.4, -0.2) is 6.04 Å². The molecule has 0 amide bonds. The maximum atomic E-state index is 2.45. The molecule has 17 aromatic carbocycles. The van der Waals surface area contributed by atoms with Gasteiger partial charge in [0.05, 0.1) is 56.9 Å². The third-order valence-electron chi connectivity index (χ3n) is 31.3. The van der Waals surface area contributed by atoms with Gasteiger partial charge in [0.15, 0.2) is 0 Å². The molecule has 23 rings (SSSR count). The van der Waals surface area contributed by atoms with Crippen LogP contribution in [0.2, 0.25) is 0 Å². The van der Waals surface area contributed by atoms with Crippen molar-refractivity contribution < 1.29 is 0 Å². The third-order valence-corrected chi connectivity index (χ3v) is 31.3. The van der Waals surface area contributed by atoms with Crippen molar-refractivity contribution in [2.75, 3.05) is 29.4 Å². The van der Waals surface area contributed by atoms with E-state index in [1.165, 1.54) is 191 Å². The molecule has 728 valence electrons. The Morgan fingerprint density at radius 1 is 0.160 bits per heavy atom. The van der Waals surface area contributed by atoms with Crippen LogP contribution in [0.5, 0.6) is 0 Å². The Labute approximate surface area is 861 Å². The van der Waals surface area contributed by atoms with E-state index in [0.29, 0.717) is 35.6 Å². The van der Waals surface area contributed by atoms with E-state index in [1.54, 1.807) is 0 Å². The van der Waals surface area contributed by atoms with E-state index in [-0.39, 0.29) is 32.5 Å². The summed E-state index contributed by atoms with van der Waals surface area (Å²) in [6.07, 6.45) is 0. The SMILES string of the molecule is CC(C)N1c2ccccc2C(C)(C)c2ccccc21.CC(C)c1ccc2c(c1)C(C)(C)c1ccccc1N2c1ccccc1.CC(C)c1ccc2c(c1)N(c1ccccc1)c1ccccc1C2(C)C.CC(C)c1cccc2c1C(C)(C)c1ccccc1N2c1ccccc1.CC(C)c1cccc2c1N(c1ccccc1)c1ccccc1C2(C)C.CC(C)c1ccccc1N1c2ccccc2C(C)(C)c2ccccc21. The lowest BCUT2D eigenvalue weighted by molar-refractivity contribution is 0.613. The number of fused-ring (bicyclic) bond motifs is 12. The van der Waals surface area contributed by atoms with Gasteiger partial charge in [-0.3, -0.25) is 0 Å². The molecule has 0 unspecified atom stereocenters. The molecule has 144 heavy (non-hydrogen) atoms. The van der Waals surface area contributed by atoms with Crippen molar-refractivity contribution in [2.24, 2.45) is 0 Å². The molecular weight excluding hydrogens is 1740 g/mol. The number of para-hydroxylation sites is 14. The van der Waals surface area contributed by atoms with Gasteiger partial charge in [-0.1, -0.05) is 444 Å². The number of hydrogen-bond acceptors (Lipinski definition) is 6. The first-order valence-corrected chi connectivity index (χ1v) is 52.5. The molecule has 6 heterocycles. The normalized spacial score (nSPS) is 15.2. The first-order chi connectivity index (χ1) is 69.1. The third kappa shape index (κ3) is 18.2. The van der Waals surface area contributed by atoms with E-state index in [2.05, 4.69) is 608 Å². The molecule has 0 N–H and O–H groups in total. The van der Waals surface area contributed by atoms with Crippen molar-refractivity contribution >= 4 is 96.7 Å². The maximum Gasteiger partial charge on any atom is 0.0537 e. The van der Waals surface area contributed by atoms with Crippen LogP contribution in [0.25, 0.3) is 0 Å². The molecule has 0 aromatic heterocycles. The average Bonchev–Trinajstić information content (AvgIpc) is 0.722. The van der Waals surface area contributed by atoms with Gasteiger partial charge >= 0.3 is 0 Å². The van der Waals surface area contributed by atoms with Gasteiger partial charge in [-0.25, -0.2) is 0 Å². The van der Waals surface area contributed by atoms with Gasteiger partial charge in [0, 0.05) is 78.3 Å². The monoisotopic (exact) mass is 1890 g/mol. The molecule has 6 aliphatic heterocycles. The maximum absolute atomic E-state index is 2.45. The molecule has 0 fully saturated rings. The van der Waals surface area contributed by atoms with E-state index in [4.69, 9.17) is 0 Å². The second-order valence-corrected chi connectivity index (χ2v) is 44.7. The van der Waals surface area contributed by atoms with Crippen molar-refractivity contribution in [3.05, 3.63) is 507 Å². The van der Waals surface area contributed by atoms with Crippen molar-refractivity contribution in [3.63, 3.8) is 0 Å². The van der Waals surface area contributed by atoms with Crippen molar-refractivity contribution in [3.8, 4) is 0 Å². The summed E-state index contributed by atoms with van der Waals surface area (Å²) < 4.78 is 0. The van der Waals surface area contributed by atoms with Crippen molar-refractivity contribution in [1.29, 1.82) is 0 Å². The Bertz CT molecular complexity index is 7190. The minimum Gasteiger partial charge on any atom is -0.338 e. The lowest BCUT2D eigenvalue weighted by Crippen LogP contribution is -2.36. The smallest absolute Gasteiger partial charge is 0.0537 e. The summed E-state index contributed by atoms with van der Waals surface area (Å²) in [4.78, 5) is 14.6. The van der Waals surface area contributed by atoms with E-state index in [0.717, 1.165) is 0 Å². The van der Waals surface area contributed by atoms with E-state index >= 15 is 0 Å². The predicted molar refractivity (Wildman–Crippen MR) is 619 cm³/mol. The predicted octanol–water partition coefficient (Wildman–Crippen LogP) is 39.5. The van der Waals surface area contributed by atoms with Gasteiger partial charge in [0.1, 0.15) is 0 Å². The number of rotatable bonds is 11. The Kier molecular flexibility index (Phi) is 28.0. The summed E-state index contributed by atoms with van der Waals surface area (Å²) >= 11 is 0. The highest BCUT2D eigenvalue weighted by atomic mass is 15.2. The fourth-order valence-electron chi connectivity index (χ4n) is 23.6. The van der Waals surface area contributed by atoms with Crippen molar-refractivity contribution in [1.82, 2.24) is 0 Å². The molecule has 0 bridgehead atoms. The van der Waals surface area contributed by atoms with Gasteiger partial charge in [-0.2, -0.15) is 0 Å². The first kappa shape index (κ1) is 99.7. The minimum atomic E-state index is -0.0158. The molecular formula is C138H146N6. The molecule has 6 aliphatic rings. The summed E-state index contributed by atoms with van der Waals surface area (Å²) in [5.41, 5.74) is 45.6. The Morgan fingerprint density at radius 2 is 0.410 bits per heavy atom. The summed E-state index contributed by atoms with van der Waals surface area (Å²) in [6.45, 7) is 55.3. The fraction of sp³-hybridized carbons (Fsp3) is 0.261. The molecule has 17 aromatic rings. The van der Waals surface area contributed by atoms with Crippen LogP contribution in [0.4, 0.5) is 96.7 Å². The zero-order valence-corrected chi connectivity index (χ0v) is 89.4. The van der Waals surface area contributed by atoms with Crippen molar-refractivity contribution in [2.45, 2.75) is 234 Å². The van der Waals surface area contributed by atoms with Crippen LogP contribution < -0.4 is 29.4 Å². The molecule has 0 aliphatic carbocycles. The molecule has 0 radical (unpaired) electrons.